The van der Waals surface area contributed by atoms with Gasteiger partial charge >= 0.3 is 0 Å². The lowest BCUT2D eigenvalue weighted by Gasteiger charge is -2.33. The van der Waals surface area contributed by atoms with Gasteiger partial charge < -0.3 is 5.32 Å². The number of benzene rings is 1. The van der Waals surface area contributed by atoms with Crippen LogP contribution < -0.4 is 5.32 Å². The third-order valence-corrected chi connectivity index (χ3v) is 4.15. The minimum atomic E-state index is -0.779. The molecule has 1 N–H and O–H groups in total. The molecule has 0 aromatic heterocycles. The molecule has 0 radical (unpaired) electrons. The van der Waals surface area contributed by atoms with Gasteiger partial charge in [0.2, 0.25) is 0 Å². The lowest BCUT2D eigenvalue weighted by atomic mass is 9.99. The number of fused-ring (bicyclic) bond motifs is 1. The molecule has 0 aliphatic carbocycles. The van der Waals surface area contributed by atoms with Crippen LogP contribution in [0.2, 0.25) is 0 Å². The molecular formula is C14H18F2N2. The number of nitrogens with one attached hydrogen (secondary N) is 1. The van der Waals surface area contributed by atoms with Crippen molar-refractivity contribution < 1.29 is 8.78 Å². The highest BCUT2D eigenvalue weighted by Crippen LogP contribution is 2.30. The van der Waals surface area contributed by atoms with Crippen molar-refractivity contribution in [2.45, 2.75) is 37.8 Å². The van der Waals surface area contributed by atoms with E-state index in [2.05, 4.69) is 10.2 Å². The van der Waals surface area contributed by atoms with Crippen LogP contribution in [0.1, 0.15) is 25.7 Å². The molecule has 2 aliphatic rings. The predicted molar refractivity (Wildman–Crippen MR) is 67.6 cm³/mol. The summed E-state index contributed by atoms with van der Waals surface area (Å²) < 4.78 is 26.8. The number of nitrogens with zero attached hydrogens (tertiary/aromatic N) is 1. The lowest BCUT2D eigenvalue weighted by Crippen LogP contribution is -2.41. The maximum Gasteiger partial charge on any atom is 0.181 e. The molecule has 0 bridgehead atoms. The van der Waals surface area contributed by atoms with Gasteiger partial charge in [0.15, 0.2) is 11.6 Å². The average Bonchev–Trinajstić information content (AvgIpc) is 2.79. The molecule has 2 unspecified atom stereocenters. The maximum absolute atomic E-state index is 13.6. The van der Waals surface area contributed by atoms with Gasteiger partial charge in [-0.1, -0.05) is 12.5 Å². The first-order chi connectivity index (χ1) is 8.75. The highest BCUT2D eigenvalue weighted by atomic mass is 19.2. The van der Waals surface area contributed by atoms with Crippen molar-refractivity contribution in [1.82, 2.24) is 4.90 Å². The van der Waals surface area contributed by atoms with Gasteiger partial charge in [-0.15, -0.1) is 0 Å². The SMILES string of the molecule is Fc1cccc(NC2CCN3CCCCC23)c1F. The second-order valence-corrected chi connectivity index (χ2v) is 5.24. The fourth-order valence-corrected chi connectivity index (χ4v) is 3.23. The van der Waals surface area contributed by atoms with Gasteiger partial charge in [-0.05, 0) is 37.9 Å². The Balaban J connectivity index is 1.74. The van der Waals surface area contributed by atoms with Crippen LogP contribution in [-0.2, 0) is 0 Å². The summed E-state index contributed by atoms with van der Waals surface area (Å²) in [5.74, 6) is -1.54. The molecule has 2 atom stereocenters. The summed E-state index contributed by atoms with van der Waals surface area (Å²) >= 11 is 0. The summed E-state index contributed by atoms with van der Waals surface area (Å²) in [6, 6.07) is 5.06. The van der Waals surface area contributed by atoms with E-state index >= 15 is 0 Å². The van der Waals surface area contributed by atoms with E-state index in [-0.39, 0.29) is 6.04 Å². The molecule has 2 nitrogen and oxygen atoms in total. The van der Waals surface area contributed by atoms with E-state index < -0.39 is 11.6 Å². The molecule has 0 amide bonds. The quantitative estimate of drug-likeness (QED) is 0.870. The van der Waals surface area contributed by atoms with Crippen LogP contribution in [0.4, 0.5) is 14.5 Å². The number of piperidine rings is 1. The van der Waals surface area contributed by atoms with Crippen LogP contribution in [0, 0.1) is 11.6 Å². The molecule has 0 saturated carbocycles. The van der Waals surface area contributed by atoms with Crippen molar-refractivity contribution in [3.63, 3.8) is 0 Å². The molecule has 18 heavy (non-hydrogen) atoms. The third kappa shape index (κ3) is 2.09. The van der Waals surface area contributed by atoms with Crippen molar-refractivity contribution in [2.24, 2.45) is 0 Å². The molecule has 2 saturated heterocycles. The second-order valence-electron chi connectivity index (χ2n) is 5.24. The van der Waals surface area contributed by atoms with Crippen molar-refractivity contribution in [1.29, 1.82) is 0 Å². The summed E-state index contributed by atoms with van der Waals surface area (Å²) in [7, 11) is 0. The first kappa shape index (κ1) is 11.9. The first-order valence-electron chi connectivity index (χ1n) is 6.70. The number of hydrogen-bond donors (Lipinski definition) is 1. The molecule has 2 fully saturated rings. The highest BCUT2D eigenvalue weighted by Gasteiger charge is 2.35. The Labute approximate surface area is 106 Å². The molecule has 4 heteroatoms. The Morgan fingerprint density at radius 2 is 2.00 bits per heavy atom. The molecule has 98 valence electrons. The van der Waals surface area contributed by atoms with Crippen molar-refractivity contribution in [3.8, 4) is 0 Å². The smallest absolute Gasteiger partial charge is 0.181 e. The first-order valence-corrected chi connectivity index (χ1v) is 6.70. The normalized spacial score (nSPS) is 28.1. The third-order valence-electron chi connectivity index (χ3n) is 4.15. The number of hydrogen-bond acceptors (Lipinski definition) is 2. The van der Waals surface area contributed by atoms with E-state index in [9.17, 15) is 8.78 Å². The average molecular weight is 252 g/mol. The molecular weight excluding hydrogens is 234 g/mol. The van der Waals surface area contributed by atoms with E-state index in [0.29, 0.717) is 11.7 Å². The topological polar surface area (TPSA) is 15.3 Å². The molecule has 2 heterocycles. The number of halogens is 2. The van der Waals surface area contributed by atoms with E-state index in [1.165, 1.54) is 12.8 Å². The summed E-state index contributed by atoms with van der Waals surface area (Å²) in [4.78, 5) is 2.47. The van der Waals surface area contributed by atoms with Crippen LogP contribution >= 0.6 is 0 Å². The fourth-order valence-electron chi connectivity index (χ4n) is 3.23. The summed E-state index contributed by atoms with van der Waals surface area (Å²) in [5, 5.41) is 3.19. The predicted octanol–water partition coefficient (Wildman–Crippen LogP) is 3.00. The van der Waals surface area contributed by atoms with Gasteiger partial charge in [-0.3, -0.25) is 4.90 Å². The van der Waals surface area contributed by atoms with Gasteiger partial charge in [0, 0.05) is 18.6 Å². The summed E-state index contributed by atoms with van der Waals surface area (Å²) in [6.07, 6.45) is 4.68. The summed E-state index contributed by atoms with van der Waals surface area (Å²) in [5.41, 5.74) is 0.299. The summed E-state index contributed by atoms with van der Waals surface area (Å²) in [6.45, 7) is 2.22. The van der Waals surface area contributed by atoms with Gasteiger partial charge in [0.25, 0.3) is 0 Å². The van der Waals surface area contributed by atoms with Crippen LogP contribution in [0.25, 0.3) is 0 Å². The molecule has 1 aromatic rings. The van der Waals surface area contributed by atoms with E-state index in [1.54, 1.807) is 12.1 Å². The maximum atomic E-state index is 13.6. The van der Waals surface area contributed by atoms with Gasteiger partial charge in [-0.2, -0.15) is 0 Å². The molecule has 1 aromatic carbocycles. The van der Waals surface area contributed by atoms with Gasteiger partial charge in [0.1, 0.15) is 0 Å². The zero-order chi connectivity index (χ0) is 12.5. The zero-order valence-electron chi connectivity index (χ0n) is 10.3. The van der Waals surface area contributed by atoms with Crippen molar-refractivity contribution in [3.05, 3.63) is 29.8 Å². The van der Waals surface area contributed by atoms with Crippen molar-refractivity contribution in [2.75, 3.05) is 18.4 Å². The standard InChI is InChI=1S/C14H18F2N2/c15-10-4-3-5-12(14(10)16)17-11-7-9-18-8-2-1-6-13(11)18/h3-5,11,13,17H,1-2,6-9H2. The Kier molecular flexibility index (Phi) is 3.20. The van der Waals surface area contributed by atoms with E-state index in [1.807, 2.05) is 0 Å². The monoisotopic (exact) mass is 252 g/mol. The fraction of sp³-hybridized carbons (Fsp3) is 0.571. The van der Waals surface area contributed by atoms with Crippen LogP contribution in [0.15, 0.2) is 18.2 Å². The minimum absolute atomic E-state index is 0.251. The van der Waals surface area contributed by atoms with Crippen LogP contribution in [0.3, 0.4) is 0 Å². The second kappa shape index (κ2) is 4.84. The van der Waals surface area contributed by atoms with E-state index in [4.69, 9.17) is 0 Å². The van der Waals surface area contributed by atoms with Crippen molar-refractivity contribution >= 4 is 5.69 Å². The minimum Gasteiger partial charge on any atom is -0.378 e. The van der Waals surface area contributed by atoms with Crippen LogP contribution in [0.5, 0.6) is 0 Å². The zero-order valence-corrected chi connectivity index (χ0v) is 10.3. The Hall–Kier alpha value is -1.16. The van der Waals surface area contributed by atoms with Gasteiger partial charge in [0.05, 0.1) is 5.69 Å². The largest absolute Gasteiger partial charge is 0.378 e. The molecule has 2 aliphatic heterocycles. The lowest BCUT2D eigenvalue weighted by molar-refractivity contribution is 0.192. The molecule has 3 rings (SSSR count). The number of rotatable bonds is 2. The van der Waals surface area contributed by atoms with Crippen LogP contribution in [-0.4, -0.2) is 30.1 Å². The van der Waals surface area contributed by atoms with Gasteiger partial charge in [-0.25, -0.2) is 8.78 Å². The Bertz CT molecular complexity index is 436. The number of anilines is 1. The Morgan fingerprint density at radius 1 is 1.11 bits per heavy atom. The molecule has 0 spiro atoms. The Morgan fingerprint density at radius 3 is 2.89 bits per heavy atom. The highest BCUT2D eigenvalue weighted by molar-refractivity contribution is 5.46. The van der Waals surface area contributed by atoms with E-state index in [0.717, 1.165) is 32.0 Å².